The van der Waals surface area contributed by atoms with Gasteiger partial charge in [0.1, 0.15) is 5.82 Å². The fourth-order valence-electron chi connectivity index (χ4n) is 1.82. The van der Waals surface area contributed by atoms with E-state index in [1.54, 1.807) is 19.1 Å². The van der Waals surface area contributed by atoms with Crippen molar-refractivity contribution in [3.8, 4) is 0 Å². The fourth-order valence-corrected chi connectivity index (χ4v) is 1.82. The number of nitrogens with zero attached hydrogens (tertiary/aromatic N) is 2. The first-order valence-corrected chi connectivity index (χ1v) is 7.10. The van der Waals surface area contributed by atoms with Gasteiger partial charge in [-0.15, -0.1) is 0 Å². The van der Waals surface area contributed by atoms with E-state index < -0.39 is 0 Å². The molecule has 0 aliphatic heterocycles. The van der Waals surface area contributed by atoms with Crippen molar-refractivity contribution in [2.24, 2.45) is 0 Å². The van der Waals surface area contributed by atoms with E-state index in [9.17, 15) is 4.39 Å². The third-order valence-electron chi connectivity index (χ3n) is 3.33. The first-order chi connectivity index (χ1) is 9.77. The molecule has 4 nitrogen and oxygen atoms in total. The summed E-state index contributed by atoms with van der Waals surface area (Å²) in [5.41, 5.74) is 1.40. The Kier molecular flexibility index (Phi) is 4.42. The Balaban J connectivity index is 1.99. The quantitative estimate of drug-likeness (QED) is 0.934. The summed E-state index contributed by atoms with van der Waals surface area (Å²) >= 11 is 0. The number of aryl methyl sites for hydroxylation is 1. The topological polar surface area (TPSA) is 51.0 Å². The van der Waals surface area contributed by atoms with E-state index in [0.29, 0.717) is 23.8 Å². The van der Waals surface area contributed by atoms with Gasteiger partial charge in [-0.3, -0.25) is 0 Å². The zero-order chi connectivity index (χ0) is 15.6. The number of hydrogen-bond donors (Lipinski definition) is 1. The Labute approximate surface area is 124 Å². The van der Waals surface area contributed by atoms with Gasteiger partial charge in [0, 0.05) is 12.0 Å². The number of aromatic nitrogens is 2. The van der Waals surface area contributed by atoms with Crippen LogP contribution in [0, 0.1) is 12.7 Å². The van der Waals surface area contributed by atoms with Gasteiger partial charge in [0.15, 0.2) is 5.82 Å². The normalized spacial score (nSPS) is 13.4. The smallest absolute Gasteiger partial charge is 0.243 e. The number of rotatable bonds is 4. The second-order valence-electron chi connectivity index (χ2n) is 6.39. The van der Waals surface area contributed by atoms with Crippen molar-refractivity contribution in [2.75, 3.05) is 0 Å². The molecule has 1 aromatic carbocycles. The molecule has 114 valence electrons. The predicted octanol–water partition coefficient (Wildman–Crippen LogP) is 3.67. The van der Waals surface area contributed by atoms with Crippen molar-refractivity contribution in [2.45, 2.75) is 52.6 Å². The second kappa shape index (κ2) is 5.93. The van der Waals surface area contributed by atoms with Gasteiger partial charge in [0.25, 0.3) is 0 Å². The first-order valence-electron chi connectivity index (χ1n) is 7.10. The third kappa shape index (κ3) is 3.88. The fraction of sp³-hybridized carbons (Fsp3) is 0.500. The molecule has 0 fully saturated rings. The molecule has 2 aromatic rings. The highest BCUT2D eigenvalue weighted by Gasteiger charge is 2.22. The molecular formula is C16H22FN3O. The molecule has 0 spiro atoms. The minimum Gasteiger partial charge on any atom is -0.338 e. The van der Waals surface area contributed by atoms with Crippen molar-refractivity contribution >= 4 is 0 Å². The maximum absolute atomic E-state index is 13.5. The number of benzene rings is 1. The molecule has 2 rings (SSSR count). The molecule has 1 N–H and O–H groups in total. The summed E-state index contributed by atoms with van der Waals surface area (Å²) in [6.45, 7) is 10.4. The van der Waals surface area contributed by atoms with Gasteiger partial charge >= 0.3 is 0 Å². The van der Waals surface area contributed by atoms with Crippen molar-refractivity contribution in [1.82, 2.24) is 15.5 Å². The lowest BCUT2D eigenvalue weighted by molar-refractivity contribution is 0.330. The lowest BCUT2D eigenvalue weighted by atomic mass is 9.96. The van der Waals surface area contributed by atoms with E-state index in [1.165, 1.54) is 0 Å². The van der Waals surface area contributed by atoms with Crippen LogP contribution in [0.25, 0.3) is 0 Å². The van der Waals surface area contributed by atoms with Crippen LogP contribution in [0.4, 0.5) is 4.39 Å². The van der Waals surface area contributed by atoms with Crippen LogP contribution < -0.4 is 5.32 Å². The van der Waals surface area contributed by atoms with Crippen LogP contribution in [-0.2, 0) is 12.0 Å². The van der Waals surface area contributed by atoms with Gasteiger partial charge in [-0.1, -0.05) is 38.1 Å². The molecule has 5 heteroatoms. The van der Waals surface area contributed by atoms with E-state index in [-0.39, 0.29) is 17.3 Å². The maximum Gasteiger partial charge on any atom is 0.243 e. The second-order valence-corrected chi connectivity index (χ2v) is 6.39. The van der Waals surface area contributed by atoms with E-state index in [1.807, 2.05) is 33.8 Å². The van der Waals surface area contributed by atoms with Crippen LogP contribution >= 0.6 is 0 Å². The molecule has 0 amide bonds. The molecule has 1 atom stereocenters. The molecule has 0 saturated carbocycles. The molecular weight excluding hydrogens is 269 g/mol. The molecule has 1 aromatic heterocycles. The monoisotopic (exact) mass is 291 g/mol. The molecule has 1 unspecified atom stereocenters. The molecule has 21 heavy (non-hydrogen) atoms. The minimum atomic E-state index is -0.185. The molecule has 1 heterocycles. The van der Waals surface area contributed by atoms with Crippen molar-refractivity contribution in [1.29, 1.82) is 0 Å². The van der Waals surface area contributed by atoms with Crippen LogP contribution in [0.15, 0.2) is 22.7 Å². The van der Waals surface area contributed by atoms with Gasteiger partial charge in [-0.25, -0.2) is 4.39 Å². The van der Waals surface area contributed by atoms with Gasteiger partial charge in [0.05, 0.1) is 6.04 Å². The average molecular weight is 291 g/mol. The Morgan fingerprint density at radius 3 is 2.62 bits per heavy atom. The van der Waals surface area contributed by atoms with E-state index in [0.717, 1.165) is 5.56 Å². The van der Waals surface area contributed by atoms with Crippen molar-refractivity contribution in [3.05, 3.63) is 46.9 Å². The Morgan fingerprint density at radius 2 is 2.05 bits per heavy atom. The molecule has 0 aliphatic rings. The van der Waals surface area contributed by atoms with E-state index in [4.69, 9.17) is 4.52 Å². The van der Waals surface area contributed by atoms with Crippen molar-refractivity contribution in [3.63, 3.8) is 0 Å². The van der Waals surface area contributed by atoms with Crippen LogP contribution in [0.1, 0.15) is 56.6 Å². The lowest BCUT2D eigenvalue weighted by Gasteiger charge is -2.12. The summed E-state index contributed by atoms with van der Waals surface area (Å²) in [6.07, 6.45) is 0. The summed E-state index contributed by atoms with van der Waals surface area (Å²) in [5.74, 6) is 1.05. The van der Waals surface area contributed by atoms with E-state index >= 15 is 0 Å². The van der Waals surface area contributed by atoms with Crippen LogP contribution in [0.3, 0.4) is 0 Å². The predicted molar refractivity (Wildman–Crippen MR) is 79.4 cm³/mol. The SMILES string of the molecule is Cc1ccc(CNC(C)c2nc(C(C)(C)C)no2)cc1F. The Hall–Kier alpha value is -1.75. The highest BCUT2D eigenvalue weighted by Crippen LogP contribution is 2.21. The lowest BCUT2D eigenvalue weighted by Crippen LogP contribution is -2.19. The molecule has 0 bridgehead atoms. The van der Waals surface area contributed by atoms with Gasteiger partial charge in [-0.05, 0) is 31.0 Å². The molecule has 0 radical (unpaired) electrons. The summed E-state index contributed by atoms with van der Waals surface area (Å²) < 4.78 is 18.8. The first kappa shape index (κ1) is 15.6. The summed E-state index contributed by atoms with van der Waals surface area (Å²) in [5, 5.41) is 7.27. The highest BCUT2D eigenvalue weighted by molar-refractivity contribution is 5.23. The maximum atomic E-state index is 13.5. The minimum absolute atomic E-state index is 0.0852. The highest BCUT2D eigenvalue weighted by atomic mass is 19.1. The van der Waals surface area contributed by atoms with Crippen molar-refractivity contribution < 1.29 is 8.91 Å². The van der Waals surface area contributed by atoms with E-state index in [2.05, 4.69) is 15.5 Å². The average Bonchev–Trinajstić information content (AvgIpc) is 2.89. The zero-order valence-electron chi connectivity index (χ0n) is 13.2. The Bertz CT molecular complexity index is 616. The third-order valence-corrected chi connectivity index (χ3v) is 3.33. The molecule has 0 aliphatic carbocycles. The van der Waals surface area contributed by atoms with Gasteiger partial charge in [0.2, 0.25) is 5.89 Å². The standard InChI is InChI=1S/C16H22FN3O/c1-10-6-7-12(8-13(10)17)9-18-11(2)14-19-15(20-21-14)16(3,4)5/h6-8,11,18H,9H2,1-5H3. The number of hydrogen-bond acceptors (Lipinski definition) is 4. The van der Waals surface area contributed by atoms with Gasteiger partial charge in [-0.2, -0.15) is 4.98 Å². The summed E-state index contributed by atoms with van der Waals surface area (Å²) in [7, 11) is 0. The van der Waals surface area contributed by atoms with Crippen LogP contribution in [-0.4, -0.2) is 10.1 Å². The van der Waals surface area contributed by atoms with Gasteiger partial charge < -0.3 is 9.84 Å². The molecule has 0 saturated heterocycles. The number of halogens is 1. The summed E-state index contributed by atoms with van der Waals surface area (Å²) in [6, 6.07) is 5.15. The van der Waals surface area contributed by atoms with Crippen LogP contribution in [0.5, 0.6) is 0 Å². The Morgan fingerprint density at radius 1 is 1.33 bits per heavy atom. The largest absolute Gasteiger partial charge is 0.338 e. The van der Waals surface area contributed by atoms with Crippen LogP contribution in [0.2, 0.25) is 0 Å². The summed E-state index contributed by atoms with van der Waals surface area (Å²) in [4.78, 5) is 4.41. The number of nitrogens with one attached hydrogen (secondary N) is 1. The zero-order valence-corrected chi connectivity index (χ0v) is 13.2.